The number of hydrogen-bond donors (Lipinski definition) is 2. The molecule has 3 aromatic rings. The van der Waals surface area contributed by atoms with Gasteiger partial charge in [0.2, 0.25) is 0 Å². The number of amides is 1. The number of aryl methyl sites for hydroxylation is 2. The van der Waals surface area contributed by atoms with E-state index in [0.29, 0.717) is 5.13 Å². The first-order valence-corrected chi connectivity index (χ1v) is 7.41. The molecule has 3 aromatic heterocycles. The summed E-state index contributed by atoms with van der Waals surface area (Å²) >= 11 is 1.30. The van der Waals surface area contributed by atoms with Gasteiger partial charge < -0.3 is 9.52 Å². The predicted molar refractivity (Wildman–Crippen MR) is 83.1 cm³/mol. The van der Waals surface area contributed by atoms with Crippen molar-refractivity contribution in [2.45, 2.75) is 13.8 Å². The van der Waals surface area contributed by atoms with Gasteiger partial charge in [0.1, 0.15) is 17.3 Å². The number of aromatic nitrogens is 2. The van der Waals surface area contributed by atoms with Crippen LogP contribution >= 0.6 is 11.3 Å². The molecule has 3 rings (SSSR count). The summed E-state index contributed by atoms with van der Waals surface area (Å²) in [6, 6.07) is 4.87. The van der Waals surface area contributed by atoms with Crippen LogP contribution in [0.4, 0.5) is 5.13 Å². The van der Waals surface area contributed by atoms with Crippen molar-refractivity contribution in [2.24, 2.45) is 0 Å². The summed E-state index contributed by atoms with van der Waals surface area (Å²) < 4.78 is 5.48. The largest absolute Gasteiger partial charge is 0.505 e. The number of carbonyl (C=O) groups is 1. The van der Waals surface area contributed by atoms with Crippen molar-refractivity contribution in [3.63, 3.8) is 0 Å². The van der Waals surface area contributed by atoms with Gasteiger partial charge in [-0.15, -0.1) is 11.3 Å². The lowest BCUT2D eigenvalue weighted by molar-refractivity contribution is 0.101. The average molecular weight is 315 g/mol. The van der Waals surface area contributed by atoms with Gasteiger partial charge in [0.25, 0.3) is 5.91 Å². The number of aromatic hydroxyl groups is 1. The second-order valence-corrected chi connectivity index (χ2v) is 5.55. The van der Waals surface area contributed by atoms with Crippen molar-refractivity contribution in [2.75, 3.05) is 5.32 Å². The minimum atomic E-state index is -0.501. The molecule has 0 fully saturated rings. The summed E-state index contributed by atoms with van der Waals surface area (Å²) in [6.07, 6.45) is 1.44. The molecule has 0 radical (unpaired) electrons. The van der Waals surface area contributed by atoms with Crippen LogP contribution in [-0.4, -0.2) is 21.0 Å². The van der Waals surface area contributed by atoms with E-state index >= 15 is 0 Å². The molecule has 3 heterocycles. The molecule has 112 valence electrons. The molecule has 0 aromatic carbocycles. The van der Waals surface area contributed by atoms with E-state index in [9.17, 15) is 9.90 Å². The molecular formula is C15H13N3O3S. The van der Waals surface area contributed by atoms with Gasteiger partial charge >= 0.3 is 0 Å². The van der Waals surface area contributed by atoms with E-state index in [4.69, 9.17) is 4.42 Å². The standard InChI is InChI=1S/C15H13N3O3S/c1-8-6-10(9(2)21-8)11-7-22-15(17-11)18-14(20)13-12(19)4-3-5-16-13/h3-7,19H,1-2H3,(H,17,18,20). The van der Waals surface area contributed by atoms with Crippen molar-refractivity contribution < 1.29 is 14.3 Å². The van der Waals surface area contributed by atoms with E-state index in [0.717, 1.165) is 22.8 Å². The Hall–Kier alpha value is -2.67. The topological polar surface area (TPSA) is 88.2 Å². The van der Waals surface area contributed by atoms with Gasteiger partial charge in [-0.2, -0.15) is 0 Å². The number of thiazole rings is 1. The fourth-order valence-corrected chi connectivity index (χ4v) is 2.77. The zero-order chi connectivity index (χ0) is 15.7. The highest BCUT2D eigenvalue weighted by Crippen LogP contribution is 2.29. The summed E-state index contributed by atoms with van der Waals surface area (Å²) in [5.74, 6) is 0.921. The van der Waals surface area contributed by atoms with Crippen LogP contribution in [0.1, 0.15) is 22.0 Å². The number of furan rings is 1. The number of nitrogens with one attached hydrogen (secondary N) is 1. The molecule has 6 nitrogen and oxygen atoms in total. The summed E-state index contributed by atoms with van der Waals surface area (Å²) in [5.41, 5.74) is 1.60. The Morgan fingerprint density at radius 3 is 2.91 bits per heavy atom. The maximum absolute atomic E-state index is 12.1. The van der Waals surface area contributed by atoms with E-state index in [1.807, 2.05) is 25.3 Å². The Balaban J connectivity index is 1.82. The lowest BCUT2D eigenvalue weighted by atomic mass is 10.2. The Bertz CT molecular complexity index is 838. The van der Waals surface area contributed by atoms with Gasteiger partial charge in [0, 0.05) is 17.1 Å². The number of carbonyl (C=O) groups excluding carboxylic acids is 1. The van der Waals surface area contributed by atoms with Crippen molar-refractivity contribution >= 4 is 22.4 Å². The summed E-state index contributed by atoms with van der Waals surface area (Å²) in [6.45, 7) is 3.74. The fourth-order valence-electron chi connectivity index (χ4n) is 2.07. The lowest BCUT2D eigenvalue weighted by Crippen LogP contribution is -2.13. The second kappa shape index (κ2) is 5.61. The van der Waals surface area contributed by atoms with Gasteiger partial charge in [-0.05, 0) is 32.0 Å². The zero-order valence-corrected chi connectivity index (χ0v) is 12.8. The summed E-state index contributed by atoms with van der Waals surface area (Å²) in [5, 5.41) is 14.5. The van der Waals surface area contributed by atoms with Gasteiger partial charge in [0.15, 0.2) is 10.8 Å². The minimum Gasteiger partial charge on any atom is -0.505 e. The van der Waals surface area contributed by atoms with E-state index < -0.39 is 5.91 Å². The van der Waals surface area contributed by atoms with Crippen LogP contribution in [0.5, 0.6) is 5.75 Å². The highest BCUT2D eigenvalue weighted by Gasteiger charge is 2.16. The first-order chi connectivity index (χ1) is 10.5. The van der Waals surface area contributed by atoms with Crippen LogP contribution in [0.2, 0.25) is 0 Å². The predicted octanol–water partition coefficient (Wildman–Crippen LogP) is 3.37. The highest BCUT2D eigenvalue weighted by molar-refractivity contribution is 7.14. The smallest absolute Gasteiger partial charge is 0.279 e. The number of hydrogen-bond acceptors (Lipinski definition) is 6. The third-order valence-corrected chi connectivity index (χ3v) is 3.80. The van der Waals surface area contributed by atoms with Crippen LogP contribution in [0.25, 0.3) is 11.3 Å². The molecule has 2 N–H and O–H groups in total. The lowest BCUT2D eigenvalue weighted by Gasteiger charge is -2.02. The summed E-state index contributed by atoms with van der Waals surface area (Å²) in [4.78, 5) is 20.3. The molecule has 0 atom stereocenters. The number of nitrogens with zero attached hydrogens (tertiary/aromatic N) is 2. The molecule has 0 saturated carbocycles. The molecule has 1 amide bonds. The van der Waals surface area contributed by atoms with E-state index in [1.54, 1.807) is 6.07 Å². The number of rotatable bonds is 3. The first kappa shape index (κ1) is 14.3. The minimum absolute atomic E-state index is 0.0328. The van der Waals surface area contributed by atoms with Crippen molar-refractivity contribution in [3.8, 4) is 17.0 Å². The van der Waals surface area contributed by atoms with Gasteiger partial charge in [-0.25, -0.2) is 9.97 Å². The van der Waals surface area contributed by atoms with E-state index in [1.165, 1.54) is 23.6 Å². The number of pyridine rings is 1. The maximum atomic E-state index is 12.1. The quantitative estimate of drug-likeness (QED) is 0.773. The van der Waals surface area contributed by atoms with Gasteiger partial charge in [0.05, 0.1) is 5.69 Å². The molecule has 0 unspecified atom stereocenters. The molecular weight excluding hydrogens is 302 g/mol. The Kier molecular flexibility index (Phi) is 3.64. The third-order valence-electron chi connectivity index (χ3n) is 3.04. The molecule has 0 aliphatic carbocycles. The molecule has 0 spiro atoms. The van der Waals surface area contributed by atoms with Gasteiger partial charge in [-0.3, -0.25) is 10.1 Å². The molecule has 22 heavy (non-hydrogen) atoms. The number of anilines is 1. The van der Waals surface area contributed by atoms with Crippen molar-refractivity contribution in [1.82, 2.24) is 9.97 Å². The van der Waals surface area contributed by atoms with E-state index in [-0.39, 0.29) is 11.4 Å². The second-order valence-electron chi connectivity index (χ2n) is 4.69. The SMILES string of the molecule is Cc1cc(-c2csc(NC(=O)c3ncccc3O)n2)c(C)o1. The van der Waals surface area contributed by atoms with Crippen LogP contribution < -0.4 is 5.32 Å². The van der Waals surface area contributed by atoms with E-state index in [2.05, 4.69) is 15.3 Å². The van der Waals surface area contributed by atoms with Crippen LogP contribution in [-0.2, 0) is 0 Å². The van der Waals surface area contributed by atoms with Crippen molar-refractivity contribution in [1.29, 1.82) is 0 Å². The van der Waals surface area contributed by atoms with Crippen LogP contribution in [0, 0.1) is 13.8 Å². The Morgan fingerprint density at radius 1 is 1.41 bits per heavy atom. The Labute approximate surface area is 130 Å². The monoisotopic (exact) mass is 315 g/mol. The van der Waals surface area contributed by atoms with Crippen molar-refractivity contribution in [3.05, 3.63) is 47.0 Å². The molecule has 7 heteroatoms. The zero-order valence-electron chi connectivity index (χ0n) is 12.0. The fraction of sp³-hybridized carbons (Fsp3) is 0.133. The molecule has 0 bridgehead atoms. The highest BCUT2D eigenvalue weighted by atomic mass is 32.1. The van der Waals surface area contributed by atoms with Crippen LogP contribution in [0.15, 0.2) is 34.2 Å². The molecule has 0 aliphatic heterocycles. The average Bonchev–Trinajstić information content (AvgIpc) is 3.05. The maximum Gasteiger partial charge on any atom is 0.279 e. The Morgan fingerprint density at radius 2 is 2.23 bits per heavy atom. The van der Waals surface area contributed by atoms with Gasteiger partial charge in [-0.1, -0.05) is 0 Å². The first-order valence-electron chi connectivity index (χ1n) is 6.53. The molecule has 0 saturated heterocycles. The third kappa shape index (κ3) is 2.71. The summed E-state index contributed by atoms with van der Waals surface area (Å²) in [7, 11) is 0. The van der Waals surface area contributed by atoms with Crippen LogP contribution in [0.3, 0.4) is 0 Å². The normalized spacial score (nSPS) is 10.6. The molecule has 0 aliphatic rings.